The molecule has 74 valence electrons. The lowest BCUT2D eigenvalue weighted by Gasteiger charge is -2.43. The van der Waals surface area contributed by atoms with Crippen molar-refractivity contribution < 1.29 is 4.59 Å². The molecule has 0 rings (SSSR count). The Labute approximate surface area is 77.7 Å². The van der Waals surface area contributed by atoms with Gasteiger partial charge in [0.1, 0.15) is 0 Å². The van der Waals surface area contributed by atoms with Crippen LogP contribution >= 0.6 is 0 Å². The van der Waals surface area contributed by atoms with Crippen LogP contribution in [0.25, 0.3) is 0 Å². The summed E-state index contributed by atoms with van der Waals surface area (Å²) in [6.07, 6.45) is 0. The van der Waals surface area contributed by atoms with E-state index in [0.29, 0.717) is 0 Å². The van der Waals surface area contributed by atoms with Crippen molar-refractivity contribution in [3.63, 3.8) is 0 Å². The molecule has 12 heavy (non-hydrogen) atoms. The highest BCUT2D eigenvalue weighted by Gasteiger charge is 2.27. The number of hydrogen-bond acceptors (Lipinski definition) is 1. The molecule has 0 aromatic rings. The fourth-order valence-corrected chi connectivity index (χ4v) is 2.09. The van der Waals surface area contributed by atoms with E-state index in [9.17, 15) is 0 Å². The van der Waals surface area contributed by atoms with Gasteiger partial charge in [0.15, 0.2) is 0 Å². The molecule has 0 radical (unpaired) electrons. The Hall–Kier alpha value is -0.0800. The van der Waals surface area contributed by atoms with Crippen LogP contribution in [0.3, 0.4) is 0 Å². The van der Waals surface area contributed by atoms with E-state index in [0.717, 1.165) is 17.7 Å². The summed E-state index contributed by atoms with van der Waals surface area (Å²) in [4.78, 5) is 0. The Balaban J connectivity index is 4.42. The van der Waals surface area contributed by atoms with Gasteiger partial charge in [0.25, 0.3) is 0 Å². The van der Waals surface area contributed by atoms with Gasteiger partial charge in [0.2, 0.25) is 0 Å². The third-order valence-corrected chi connectivity index (χ3v) is 3.10. The van der Waals surface area contributed by atoms with E-state index in [1.165, 1.54) is 19.6 Å². The zero-order valence-electron chi connectivity index (χ0n) is 9.43. The average molecular weight is 173 g/mol. The number of nitrogens with zero attached hydrogens (tertiary/aromatic N) is 2. The zero-order chi connectivity index (χ0) is 9.61. The fraction of sp³-hybridized carbons (Fsp3) is 1.00. The Kier molecular flexibility index (Phi) is 5.51. The van der Waals surface area contributed by atoms with E-state index in [1.54, 1.807) is 0 Å². The molecule has 2 nitrogen and oxygen atoms in total. The Morgan fingerprint density at radius 1 is 0.750 bits per heavy atom. The van der Waals surface area contributed by atoms with Crippen molar-refractivity contribution in [2.24, 2.45) is 0 Å². The molecule has 0 aromatic heterocycles. The molecular formula is C10H25N2+. The van der Waals surface area contributed by atoms with Crippen LogP contribution in [-0.2, 0) is 0 Å². The van der Waals surface area contributed by atoms with Gasteiger partial charge >= 0.3 is 0 Å². The van der Waals surface area contributed by atoms with Crippen LogP contribution in [0.15, 0.2) is 0 Å². The molecule has 0 amide bonds. The molecule has 0 heterocycles. The maximum atomic E-state index is 2.54. The summed E-state index contributed by atoms with van der Waals surface area (Å²) >= 11 is 0. The van der Waals surface area contributed by atoms with Gasteiger partial charge in [0.05, 0.1) is 19.6 Å². The van der Waals surface area contributed by atoms with Crippen molar-refractivity contribution in [2.75, 3.05) is 32.7 Å². The van der Waals surface area contributed by atoms with Crippen molar-refractivity contribution >= 4 is 0 Å². The molecule has 0 aliphatic carbocycles. The maximum Gasteiger partial charge on any atom is 0.0935 e. The van der Waals surface area contributed by atoms with Gasteiger partial charge in [-0.15, -0.1) is 0 Å². The molecule has 2 heteroatoms. The van der Waals surface area contributed by atoms with E-state index < -0.39 is 0 Å². The zero-order valence-corrected chi connectivity index (χ0v) is 9.43. The summed E-state index contributed by atoms with van der Waals surface area (Å²) in [5.74, 6) is 0. The first-order valence-corrected chi connectivity index (χ1v) is 5.32. The first kappa shape index (κ1) is 11.9. The van der Waals surface area contributed by atoms with Crippen LogP contribution < -0.4 is 0 Å². The fourth-order valence-electron chi connectivity index (χ4n) is 2.09. The second-order valence-corrected chi connectivity index (χ2v) is 3.18. The van der Waals surface area contributed by atoms with Crippen molar-refractivity contribution in [1.29, 1.82) is 0 Å². The number of hydrogen-bond donors (Lipinski definition) is 0. The molecule has 0 spiro atoms. The van der Waals surface area contributed by atoms with Gasteiger partial charge in [-0.3, -0.25) is 0 Å². The number of quaternary nitrogens is 1. The largest absolute Gasteiger partial charge is 0.244 e. The van der Waals surface area contributed by atoms with Crippen molar-refractivity contribution in [1.82, 2.24) is 5.01 Å². The van der Waals surface area contributed by atoms with Crippen LogP contribution in [0.1, 0.15) is 34.6 Å². The Morgan fingerprint density at radius 2 is 1.08 bits per heavy atom. The second-order valence-electron chi connectivity index (χ2n) is 3.18. The first-order chi connectivity index (χ1) is 5.70. The van der Waals surface area contributed by atoms with Gasteiger partial charge in [-0.05, 0) is 34.6 Å². The smallest absolute Gasteiger partial charge is 0.0935 e. The molecule has 0 saturated heterocycles. The third-order valence-electron chi connectivity index (χ3n) is 3.10. The molecule has 0 N–H and O–H groups in total. The van der Waals surface area contributed by atoms with Crippen LogP contribution in [0.4, 0.5) is 0 Å². The van der Waals surface area contributed by atoms with Gasteiger partial charge < -0.3 is 0 Å². The lowest BCUT2D eigenvalue weighted by atomic mass is 10.4. The van der Waals surface area contributed by atoms with Crippen molar-refractivity contribution in [3.8, 4) is 0 Å². The molecule has 0 atom stereocenters. The molecule has 0 bridgehead atoms. The van der Waals surface area contributed by atoms with Gasteiger partial charge in [0, 0.05) is 13.1 Å². The van der Waals surface area contributed by atoms with Gasteiger partial charge in [-0.25, -0.2) is 4.59 Å². The molecule has 0 unspecified atom stereocenters. The minimum absolute atomic E-state index is 1.15. The van der Waals surface area contributed by atoms with Crippen molar-refractivity contribution in [3.05, 3.63) is 0 Å². The van der Waals surface area contributed by atoms with E-state index in [2.05, 4.69) is 39.6 Å². The van der Waals surface area contributed by atoms with Crippen LogP contribution in [0.5, 0.6) is 0 Å². The first-order valence-electron chi connectivity index (χ1n) is 5.32. The minimum atomic E-state index is 1.15. The summed E-state index contributed by atoms with van der Waals surface area (Å²) in [6.45, 7) is 17.3. The van der Waals surface area contributed by atoms with Gasteiger partial charge in [-0.2, -0.15) is 5.01 Å². The maximum absolute atomic E-state index is 2.54. The van der Waals surface area contributed by atoms with E-state index in [1.807, 2.05) is 0 Å². The second kappa shape index (κ2) is 5.55. The van der Waals surface area contributed by atoms with E-state index in [4.69, 9.17) is 0 Å². The van der Waals surface area contributed by atoms with E-state index in [-0.39, 0.29) is 0 Å². The lowest BCUT2D eigenvalue weighted by molar-refractivity contribution is -1.03. The van der Waals surface area contributed by atoms with Crippen LogP contribution in [0, 0.1) is 0 Å². The minimum Gasteiger partial charge on any atom is -0.244 e. The quantitative estimate of drug-likeness (QED) is 0.439. The van der Waals surface area contributed by atoms with Crippen LogP contribution in [-0.4, -0.2) is 42.3 Å². The van der Waals surface area contributed by atoms with Gasteiger partial charge in [-0.1, -0.05) is 0 Å². The molecule has 0 fully saturated rings. The molecule has 0 aromatic carbocycles. The molecule has 0 aliphatic rings. The normalized spacial score (nSPS) is 12.5. The molecule has 0 saturated carbocycles. The Bertz CT molecular complexity index is 96.1. The third kappa shape index (κ3) is 2.20. The monoisotopic (exact) mass is 173 g/mol. The van der Waals surface area contributed by atoms with E-state index >= 15 is 0 Å². The van der Waals surface area contributed by atoms with Crippen molar-refractivity contribution in [2.45, 2.75) is 34.6 Å². The standard InChI is InChI=1S/C10H25N2/c1-6-11(7-2)12(8-3,9-4)10-5/h6-10H2,1-5H3/q+1. The molecular weight excluding hydrogens is 148 g/mol. The highest BCUT2D eigenvalue weighted by atomic mass is 15.7. The summed E-state index contributed by atoms with van der Waals surface area (Å²) in [5, 5.41) is 2.54. The average Bonchev–Trinajstić information content (AvgIpc) is 2.14. The molecule has 0 aliphatic heterocycles. The Morgan fingerprint density at radius 3 is 1.17 bits per heavy atom. The summed E-state index contributed by atoms with van der Waals surface area (Å²) in [6, 6.07) is 0. The summed E-state index contributed by atoms with van der Waals surface area (Å²) in [7, 11) is 0. The number of rotatable bonds is 6. The predicted octanol–water partition coefficient (Wildman–Crippen LogP) is 2.12. The topological polar surface area (TPSA) is 3.24 Å². The van der Waals surface area contributed by atoms with Crippen LogP contribution in [0.2, 0.25) is 0 Å². The highest BCUT2D eigenvalue weighted by molar-refractivity contribution is 4.39. The predicted molar refractivity (Wildman–Crippen MR) is 54.8 cm³/mol. The lowest BCUT2D eigenvalue weighted by Crippen LogP contribution is -2.59. The summed E-state index contributed by atoms with van der Waals surface area (Å²) < 4.78 is 1.15. The summed E-state index contributed by atoms with van der Waals surface area (Å²) in [5.41, 5.74) is 0. The SMILES string of the molecule is CCN(CC)[N+](CC)(CC)CC. The highest BCUT2D eigenvalue weighted by Crippen LogP contribution is 2.11.